The molecule has 0 aromatic heterocycles. The lowest BCUT2D eigenvalue weighted by Crippen LogP contribution is -2.18. The van der Waals surface area contributed by atoms with E-state index in [1.807, 2.05) is 0 Å². The molecule has 0 saturated heterocycles. The largest absolute Gasteiger partial charge is 0.310 e. The molecular weight excluding hydrogens is 603 g/mol. The summed E-state index contributed by atoms with van der Waals surface area (Å²) in [5.74, 6) is 0. The van der Waals surface area contributed by atoms with Crippen molar-refractivity contribution in [1.82, 2.24) is 0 Å². The van der Waals surface area contributed by atoms with Crippen LogP contribution in [0.15, 0.2) is 158 Å². The summed E-state index contributed by atoms with van der Waals surface area (Å²) in [6.45, 7) is 11.7. The number of nitrogens with zero attached hydrogens (tertiary/aromatic N) is 1. The van der Waals surface area contributed by atoms with Crippen LogP contribution in [-0.4, -0.2) is 0 Å². The SMILES string of the molecule is Cc1ccccc1-c1cc(-c2ccccc2)ccc1N(c1ccc2c(c1)C(C)(C)c1ccccc1-2)c1ccc2c(c1)C(C)(C)c1ccccc1-2. The quantitative estimate of drug-likeness (QED) is 0.180. The molecule has 7 aromatic rings. The molecule has 0 N–H and O–H groups in total. The molecule has 0 unspecified atom stereocenters. The number of rotatable bonds is 5. The van der Waals surface area contributed by atoms with Gasteiger partial charge in [-0.05, 0) is 110 Å². The Labute approximate surface area is 296 Å². The van der Waals surface area contributed by atoms with E-state index >= 15 is 0 Å². The van der Waals surface area contributed by atoms with Crippen LogP contribution in [0.3, 0.4) is 0 Å². The van der Waals surface area contributed by atoms with E-state index in [0.717, 1.165) is 0 Å². The molecule has 0 aliphatic heterocycles. The van der Waals surface area contributed by atoms with Crippen LogP contribution in [0.2, 0.25) is 0 Å². The van der Waals surface area contributed by atoms with E-state index in [1.165, 1.54) is 89.4 Å². The Hall–Kier alpha value is -5.66. The van der Waals surface area contributed by atoms with E-state index in [1.54, 1.807) is 0 Å². The van der Waals surface area contributed by atoms with E-state index < -0.39 is 0 Å². The number of anilines is 3. The fourth-order valence-electron chi connectivity index (χ4n) is 8.72. The number of hydrogen-bond acceptors (Lipinski definition) is 1. The molecule has 1 heteroatoms. The van der Waals surface area contributed by atoms with E-state index in [9.17, 15) is 0 Å². The average Bonchev–Trinajstić information content (AvgIpc) is 3.52. The summed E-state index contributed by atoms with van der Waals surface area (Å²) >= 11 is 0. The van der Waals surface area contributed by atoms with Gasteiger partial charge in [0.1, 0.15) is 0 Å². The van der Waals surface area contributed by atoms with Gasteiger partial charge in [0.25, 0.3) is 0 Å². The second-order valence-electron chi connectivity index (χ2n) is 15.0. The molecule has 0 radical (unpaired) electrons. The number of hydrogen-bond donors (Lipinski definition) is 0. The highest BCUT2D eigenvalue weighted by Crippen LogP contribution is 2.54. The van der Waals surface area contributed by atoms with Crippen LogP contribution in [0.5, 0.6) is 0 Å². The van der Waals surface area contributed by atoms with Crippen LogP contribution >= 0.6 is 0 Å². The maximum absolute atomic E-state index is 2.51. The topological polar surface area (TPSA) is 3.24 Å². The van der Waals surface area contributed by atoms with E-state index in [0.29, 0.717) is 0 Å². The zero-order chi connectivity index (χ0) is 34.2. The third-order valence-electron chi connectivity index (χ3n) is 11.4. The molecule has 7 aromatic carbocycles. The fourth-order valence-corrected chi connectivity index (χ4v) is 8.72. The van der Waals surface area contributed by atoms with Crippen molar-refractivity contribution in [3.8, 4) is 44.5 Å². The van der Waals surface area contributed by atoms with Gasteiger partial charge in [-0.2, -0.15) is 0 Å². The normalized spacial score (nSPS) is 14.4. The van der Waals surface area contributed by atoms with Gasteiger partial charge < -0.3 is 4.90 Å². The third-order valence-corrected chi connectivity index (χ3v) is 11.4. The molecule has 0 amide bonds. The van der Waals surface area contributed by atoms with Crippen LogP contribution in [0, 0.1) is 6.92 Å². The van der Waals surface area contributed by atoms with Crippen molar-refractivity contribution >= 4 is 17.1 Å². The number of benzene rings is 7. The smallest absolute Gasteiger partial charge is 0.0540 e. The predicted octanol–water partition coefficient (Wildman–Crippen LogP) is 13.4. The minimum absolute atomic E-state index is 0.106. The predicted molar refractivity (Wildman–Crippen MR) is 212 cm³/mol. The lowest BCUT2D eigenvalue weighted by Gasteiger charge is -2.31. The molecule has 9 rings (SSSR count). The molecule has 0 heterocycles. The van der Waals surface area contributed by atoms with Crippen molar-refractivity contribution < 1.29 is 0 Å². The molecule has 1 nitrogen and oxygen atoms in total. The van der Waals surface area contributed by atoms with Crippen LogP contribution < -0.4 is 4.90 Å². The van der Waals surface area contributed by atoms with E-state index in [2.05, 4.69) is 197 Å². The second kappa shape index (κ2) is 11.2. The van der Waals surface area contributed by atoms with Gasteiger partial charge in [0, 0.05) is 27.8 Å². The van der Waals surface area contributed by atoms with Gasteiger partial charge in [-0.15, -0.1) is 0 Å². The van der Waals surface area contributed by atoms with Crippen LogP contribution in [0.4, 0.5) is 17.1 Å². The van der Waals surface area contributed by atoms with Crippen LogP contribution in [0.1, 0.15) is 55.5 Å². The Kier molecular flexibility index (Phi) is 6.80. The van der Waals surface area contributed by atoms with Gasteiger partial charge >= 0.3 is 0 Å². The van der Waals surface area contributed by atoms with Crippen molar-refractivity contribution in [3.05, 3.63) is 186 Å². The first kappa shape index (κ1) is 30.4. The molecule has 0 spiro atoms. The first-order valence-corrected chi connectivity index (χ1v) is 17.8. The zero-order valence-electron chi connectivity index (χ0n) is 29.5. The standard InChI is InChI=1S/C49H41N/c1-32-15-9-10-18-37(32)42-29-34(33-16-7-6-8-17-33)23-28-47(42)50(35-24-26-40-38-19-11-13-21-43(38)48(2,3)45(40)30-35)36-25-27-41-39-20-12-14-22-44(39)49(4,5)46(41)31-36/h6-31H,1-5H3. The Balaban J connectivity index is 1.31. The third kappa shape index (κ3) is 4.53. The molecule has 0 fully saturated rings. The summed E-state index contributed by atoms with van der Waals surface area (Å²) in [6.07, 6.45) is 0. The van der Waals surface area contributed by atoms with Gasteiger partial charge in [-0.1, -0.05) is 149 Å². The van der Waals surface area contributed by atoms with E-state index in [-0.39, 0.29) is 10.8 Å². The Bertz CT molecular complexity index is 2340. The van der Waals surface area contributed by atoms with Gasteiger partial charge in [-0.3, -0.25) is 0 Å². The summed E-state index contributed by atoms with van der Waals surface area (Å²) in [5, 5.41) is 0. The Morgan fingerprint density at radius 3 is 1.40 bits per heavy atom. The minimum Gasteiger partial charge on any atom is -0.310 e. The molecule has 0 bridgehead atoms. The summed E-state index contributed by atoms with van der Waals surface area (Å²) in [7, 11) is 0. The van der Waals surface area contributed by atoms with Gasteiger partial charge in [-0.25, -0.2) is 0 Å². The highest BCUT2D eigenvalue weighted by molar-refractivity contribution is 5.94. The van der Waals surface area contributed by atoms with Crippen molar-refractivity contribution in [2.24, 2.45) is 0 Å². The monoisotopic (exact) mass is 643 g/mol. The highest BCUT2D eigenvalue weighted by Gasteiger charge is 2.38. The first-order valence-electron chi connectivity index (χ1n) is 17.8. The van der Waals surface area contributed by atoms with Crippen molar-refractivity contribution in [2.45, 2.75) is 45.4 Å². The number of fused-ring (bicyclic) bond motifs is 6. The van der Waals surface area contributed by atoms with Crippen molar-refractivity contribution in [2.75, 3.05) is 4.90 Å². The maximum Gasteiger partial charge on any atom is 0.0540 e. The van der Waals surface area contributed by atoms with Crippen molar-refractivity contribution in [1.29, 1.82) is 0 Å². The molecular formula is C49H41N. The van der Waals surface area contributed by atoms with Crippen molar-refractivity contribution in [3.63, 3.8) is 0 Å². The minimum atomic E-state index is -0.106. The maximum atomic E-state index is 2.51. The van der Waals surface area contributed by atoms with Gasteiger partial charge in [0.05, 0.1) is 5.69 Å². The molecule has 50 heavy (non-hydrogen) atoms. The molecule has 2 aliphatic rings. The molecule has 2 aliphatic carbocycles. The lowest BCUT2D eigenvalue weighted by molar-refractivity contribution is 0.660. The summed E-state index contributed by atoms with van der Waals surface area (Å²) in [5.41, 5.74) is 20.3. The fraction of sp³-hybridized carbons (Fsp3) is 0.143. The van der Waals surface area contributed by atoms with Crippen LogP contribution in [0.25, 0.3) is 44.5 Å². The Morgan fingerprint density at radius 1 is 0.360 bits per heavy atom. The highest BCUT2D eigenvalue weighted by atomic mass is 15.1. The molecule has 242 valence electrons. The second-order valence-corrected chi connectivity index (χ2v) is 15.0. The Morgan fingerprint density at radius 2 is 0.840 bits per heavy atom. The summed E-state index contributed by atoms with van der Waals surface area (Å²) in [4.78, 5) is 2.51. The lowest BCUT2D eigenvalue weighted by atomic mass is 9.82. The summed E-state index contributed by atoms with van der Waals surface area (Å²) in [6, 6.07) is 58.6. The number of aryl methyl sites for hydroxylation is 1. The van der Waals surface area contributed by atoms with E-state index in [4.69, 9.17) is 0 Å². The first-order chi connectivity index (χ1) is 24.2. The zero-order valence-corrected chi connectivity index (χ0v) is 29.5. The van der Waals surface area contributed by atoms with Gasteiger partial charge in [0.15, 0.2) is 0 Å². The summed E-state index contributed by atoms with van der Waals surface area (Å²) < 4.78 is 0. The molecule has 0 atom stereocenters. The molecule has 0 saturated carbocycles. The van der Waals surface area contributed by atoms with Crippen LogP contribution in [-0.2, 0) is 10.8 Å². The average molecular weight is 644 g/mol. The van der Waals surface area contributed by atoms with Gasteiger partial charge in [0.2, 0.25) is 0 Å².